The second-order valence-electron chi connectivity index (χ2n) is 4.95. The second-order valence-corrected chi connectivity index (χ2v) is 6.23. The third-order valence-electron chi connectivity index (χ3n) is 3.35. The highest BCUT2D eigenvalue weighted by Gasteiger charge is 2.07. The molecule has 0 unspecified atom stereocenters. The number of aromatic nitrogens is 2. The van der Waals surface area contributed by atoms with Crippen molar-refractivity contribution in [3.63, 3.8) is 0 Å². The summed E-state index contributed by atoms with van der Waals surface area (Å²) in [5, 5.41) is 2.96. The molecule has 4 nitrogen and oxygen atoms in total. The van der Waals surface area contributed by atoms with Crippen LogP contribution in [0, 0.1) is 6.92 Å². The summed E-state index contributed by atoms with van der Waals surface area (Å²) in [6, 6.07) is 11.9. The quantitative estimate of drug-likeness (QED) is 0.735. The Hall–Kier alpha value is -2.14. The number of amides is 1. The largest absolute Gasteiger partial charge is 0.351 e. The first-order valence-corrected chi connectivity index (χ1v) is 7.80. The van der Waals surface area contributed by atoms with Crippen LogP contribution >= 0.6 is 11.3 Å². The van der Waals surface area contributed by atoms with Gasteiger partial charge >= 0.3 is 0 Å². The van der Waals surface area contributed by atoms with Crippen molar-refractivity contribution >= 4 is 28.3 Å². The van der Waals surface area contributed by atoms with E-state index in [1.54, 1.807) is 0 Å². The Balaban J connectivity index is 1.51. The molecule has 2 heterocycles. The molecular formula is C16H17N3OS. The molecular weight excluding hydrogens is 282 g/mol. The number of hydrogen-bond acceptors (Lipinski definition) is 3. The zero-order chi connectivity index (χ0) is 14.7. The normalized spacial score (nSPS) is 10.9. The van der Waals surface area contributed by atoms with E-state index >= 15 is 0 Å². The molecule has 0 fully saturated rings. The topological polar surface area (TPSA) is 46.9 Å². The molecule has 108 valence electrons. The van der Waals surface area contributed by atoms with Gasteiger partial charge < -0.3 is 9.88 Å². The van der Waals surface area contributed by atoms with Crippen LogP contribution in [0.25, 0.3) is 11.0 Å². The van der Waals surface area contributed by atoms with Crippen LogP contribution in [-0.4, -0.2) is 22.0 Å². The van der Waals surface area contributed by atoms with E-state index in [0.29, 0.717) is 6.54 Å². The summed E-state index contributed by atoms with van der Waals surface area (Å²) in [5.41, 5.74) is 2.15. The minimum atomic E-state index is 0.0172. The lowest BCUT2D eigenvalue weighted by Crippen LogP contribution is -2.24. The zero-order valence-electron chi connectivity index (χ0n) is 11.9. The van der Waals surface area contributed by atoms with Crippen molar-refractivity contribution in [1.82, 2.24) is 14.9 Å². The van der Waals surface area contributed by atoms with Crippen LogP contribution in [0.5, 0.6) is 0 Å². The number of rotatable bonds is 5. The number of imidazole rings is 1. The second kappa shape index (κ2) is 6.10. The van der Waals surface area contributed by atoms with Crippen LogP contribution in [0.1, 0.15) is 21.0 Å². The number of nitrogens with zero attached hydrogens (tertiary/aromatic N) is 2. The summed E-state index contributed by atoms with van der Waals surface area (Å²) in [7, 11) is 0. The van der Waals surface area contributed by atoms with Gasteiger partial charge in [0.05, 0.1) is 22.2 Å². The maximum absolute atomic E-state index is 11.9. The highest BCUT2D eigenvalue weighted by Crippen LogP contribution is 2.15. The van der Waals surface area contributed by atoms with Crippen molar-refractivity contribution in [3.05, 3.63) is 52.5 Å². The van der Waals surface area contributed by atoms with Crippen molar-refractivity contribution < 1.29 is 4.79 Å². The smallest absolute Gasteiger partial charge is 0.261 e. The van der Waals surface area contributed by atoms with Gasteiger partial charge in [-0.3, -0.25) is 4.79 Å². The molecule has 21 heavy (non-hydrogen) atoms. The number of fused-ring (bicyclic) bond motifs is 1. The average Bonchev–Trinajstić information content (AvgIpc) is 3.10. The van der Waals surface area contributed by atoms with Crippen LogP contribution in [0.4, 0.5) is 0 Å². The molecule has 0 aliphatic carbocycles. The number of benzene rings is 1. The number of para-hydroxylation sites is 2. The van der Waals surface area contributed by atoms with Crippen molar-refractivity contribution in [2.24, 2.45) is 0 Å². The van der Waals surface area contributed by atoms with Gasteiger partial charge in [0.15, 0.2) is 0 Å². The average molecular weight is 299 g/mol. The molecule has 0 atom stereocenters. The molecule has 1 N–H and O–H groups in total. The molecule has 3 aromatic rings. The van der Waals surface area contributed by atoms with Crippen LogP contribution in [0.15, 0.2) is 42.7 Å². The first-order chi connectivity index (χ1) is 10.2. The number of hydrogen-bond donors (Lipinski definition) is 1. The van der Waals surface area contributed by atoms with Crippen LogP contribution in [0.3, 0.4) is 0 Å². The Morgan fingerprint density at radius 2 is 2.14 bits per heavy atom. The van der Waals surface area contributed by atoms with E-state index in [0.717, 1.165) is 33.8 Å². The van der Waals surface area contributed by atoms with Crippen LogP contribution < -0.4 is 5.32 Å². The number of aryl methyl sites for hydroxylation is 2. The summed E-state index contributed by atoms with van der Waals surface area (Å²) in [6.45, 7) is 3.53. The molecule has 0 bridgehead atoms. The first kappa shape index (κ1) is 13.8. The van der Waals surface area contributed by atoms with Crippen LogP contribution in [0.2, 0.25) is 0 Å². The molecule has 0 saturated heterocycles. The molecule has 1 amide bonds. The van der Waals surface area contributed by atoms with E-state index < -0.39 is 0 Å². The molecule has 0 saturated carbocycles. The highest BCUT2D eigenvalue weighted by atomic mass is 32.1. The van der Waals surface area contributed by atoms with Crippen LogP contribution in [-0.2, 0) is 6.54 Å². The van der Waals surface area contributed by atoms with Crippen molar-refractivity contribution in [1.29, 1.82) is 0 Å². The predicted octanol–water partition coefficient (Wildman–Crippen LogP) is 3.23. The summed E-state index contributed by atoms with van der Waals surface area (Å²) in [5.74, 6) is 0.0172. The number of carbonyl (C=O) groups excluding carboxylic acids is 1. The van der Waals surface area contributed by atoms with Gasteiger partial charge in [-0.05, 0) is 37.6 Å². The maximum Gasteiger partial charge on any atom is 0.261 e. The van der Waals surface area contributed by atoms with Gasteiger partial charge in [0, 0.05) is 18.0 Å². The first-order valence-electron chi connectivity index (χ1n) is 6.98. The summed E-state index contributed by atoms with van der Waals surface area (Å²) < 4.78 is 2.12. The minimum Gasteiger partial charge on any atom is -0.351 e. The third-order valence-corrected chi connectivity index (χ3v) is 4.35. The Kier molecular flexibility index (Phi) is 4.01. The predicted molar refractivity (Wildman–Crippen MR) is 85.7 cm³/mol. The molecule has 0 radical (unpaired) electrons. The minimum absolute atomic E-state index is 0.0172. The standard InChI is InChI=1S/C16H17N3OS/c1-12-7-8-15(21-12)16(20)17-9-4-10-19-11-18-13-5-2-3-6-14(13)19/h2-3,5-8,11H,4,9-10H2,1H3,(H,17,20). The van der Waals surface area contributed by atoms with E-state index in [4.69, 9.17) is 0 Å². The maximum atomic E-state index is 11.9. The molecule has 1 aromatic carbocycles. The molecule has 2 aromatic heterocycles. The van der Waals surface area contributed by atoms with E-state index in [1.165, 1.54) is 11.3 Å². The molecule has 0 aliphatic heterocycles. The van der Waals surface area contributed by atoms with Gasteiger partial charge in [-0.25, -0.2) is 4.98 Å². The summed E-state index contributed by atoms with van der Waals surface area (Å²) >= 11 is 1.53. The fourth-order valence-electron chi connectivity index (χ4n) is 2.28. The van der Waals surface area contributed by atoms with Crippen molar-refractivity contribution in [2.75, 3.05) is 6.54 Å². The Morgan fingerprint density at radius 1 is 1.29 bits per heavy atom. The number of thiophene rings is 1. The van der Waals surface area contributed by atoms with E-state index in [2.05, 4.69) is 20.9 Å². The van der Waals surface area contributed by atoms with E-state index in [-0.39, 0.29) is 5.91 Å². The van der Waals surface area contributed by atoms with Gasteiger partial charge in [0.1, 0.15) is 0 Å². The third kappa shape index (κ3) is 3.13. The number of nitrogens with one attached hydrogen (secondary N) is 1. The fraction of sp³-hybridized carbons (Fsp3) is 0.250. The van der Waals surface area contributed by atoms with Gasteiger partial charge in [0.2, 0.25) is 0 Å². The Morgan fingerprint density at radius 3 is 2.95 bits per heavy atom. The molecule has 0 spiro atoms. The van der Waals surface area contributed by atoms with Gasteiger partial charge in [-0.2, -0.15) is 0 Å². The van der Waals surface area contributed by atoms with Gasteiger partial charge in [-0.1, -0.05) is 12.1 Å². The molecule has 5 heteroatoms. The van der Waals surface area contributed by atoms with E-state index in [1.807, 2.05) is 43.6 Å². The van der Waals surface area contributed by atoms with Gasteiger partial charge in [0.25, 0.3) is 5.91 Å². The molecule has 3 rings (SSSR count). The fourth-order valence-corrected chi connectivity index (χ4v) is 3.07. The lowest BCUT2D eigenvalue weighted by Gasteiger charge is -2.05. The zero-order valence-corrected chi connectivity index (χ0v) is 12.7. The Labute approximate surface area is 127 Å². The lowest BCUT2D eigenvalue weighted by molar-refractivity contribution is 0.0957. The summed E-state index contributed by atoms with van der Waals surface area (Å²) in [6.07, 6.45) is 2.74. The van der Waals surface area contributed by atoms with Crippen molar-refractivity contribution in [2.45, 2.75) is 19.9 Å². The van der Waals surface area contributed by atoms with Crippen molar-refractivity contribution in [3.8, 4) is 0 Å². The number of carbonyl (C=O) groups is 1. The van der Waals surface area contributed by atoms with E-state index in [9.17, 15) is 4.79 Å². The Bertz CT molecular complexity index is 760. The lowest BCUT2D eigenvalue weighted by atomic mass is 10.3. The SMILES string of the molecule is Cc1ccc(C(=O)NCCCn2cnc3ccccc32)s1. The monoisotopic (exact) mass is 299 g/mol. The summed E-state index contributed by atoms with van der Waals surface area (Å²) in [4.78, 5) is 18.2. The molecule has 0 aliphatic rings. The highest BCUT2D eigenvalue weighted by molar-refractivity contribution is 7.13. The van der Waals surface area contributed by atoms with Gasteiger partial charge in [-0.15, -0.1) is 11.3 Å².